The van der Waals surface area contributed by atoms with E-state index in [1.807, 2.05) is 6.07 Å². The van der Waals surface area contributed by atoms with Crippen LogP contribution < -0.4 is 16.2 Å². The molecule has 3 rings (SSSR count). The predicted molar refractivity (Wildman–Crippen MR) is 106 cm³/mol. The molecule has 0 aliphatic carbocycles. The standard InChI is InChI=1S/C21H20FN3O3/c1-12-9-15-10-14(7-8-17(15)24-20(12)27)11-19(26)23-13(2)21(28)25-18-6-4-3-5-16(18)22/h3-10,13H,11H2,1-2H3,(H,23,26)(H,24,27)(H,25,28). The third-order valence-electron chi connectivity index (χ3n) is 4.36. The monoisotopic (exact) mass is 381 g/mol. The zero-order valence-corrected chi connectivity index (χ0v) is 15.5. The number of fused-ring (bicyclic) bond motifs is 1. The Bertz CT molecular complexity index is 1110. The second kappa shape index (κ2) is 8.04. The molecule has 3 N–H and O–H groups in total. The lowest BCUT2D eigenvalue weighted by Crippen LogP contribution is -2.42. The molecule has 0 aliphatic heterocycles. The summed E-state index contributed by atoms with van der Waals surface area (Å²) in [6, 6.07) is 12.1. The van der Waals surface area contributed by atoms with Crippen LogP contribution in [0.25, 0.3) is 10.9 Å². The summed E-state index contributed by atoms with van der Waals surface area (Å²) in [4.78, 5) is 38.9. The van der Waals surface area contributed by atoms with Crippen molar-refractivity contribution in [2.75, 3.05) is 5.32 Å². The van der Waals surface area contributed by atoms with E-state index in [2.05, 4.69) is 15.6 Å². The van der Waals surface area contributed by atoms with E-state index >= 15 is 0 Å². The summed E-state index contributed by atoms with van der Waals surface area (Å²) in [5, 5.41) is 5.88. The van der Waals surface area contributed by atoms with Crippen molar-refractivity contribution in [1.82, 2.24) is 10.3 Å². The number of amides is 2. The Labute approximate surface area is 160 Å². The van der Waals surface area contributed by atoms with Gasteiger partial charge in [0.05, 0.1) is 12.1 Å². The van der Waals surface area contributed by atoms with Crippen molar-refractivity contribution in [1.29, 1.82) is 0 Å². The number of nitrogens with one attached hydrogen (secondary N) is 3. The molecule has 0 saturated heterocycles. The van der Waals surface area contributed by atoms with Crippen molar-refractivity contribution in [3.05, 3.63) is 75.8 Å². The van der Waals surface area contributed by atoms with Crippen LogP contribution >= 0.6 is 0 Å². The normalized spacial score (nSPS) is 11.8. The molecule has 2 amide bonds. The number of H-pyrrole nitrogens is 1. The maximum atomic E-state index is 13.6. The number of hydrogen-bond donors (Lipinski definition) is 3. The maximum absolute atomic E-state index is 13.6. The lowest BCUT2D eigenvalue weighted by molar-refractivity contribution is -0.125. The van der Waals surface area contributed by atoms with E-state index in [4.69, 9.17) is 0 Å². The Kier molecular flexibility index (Phi) is 5.54. The second-order valence-corrected chi connectivity index (χ2v) is 6.64. The number of rotatable bonds is 5. The highest BCUT2D eigenvalue weighted by Gasteiger charge is 2.17. The molecule has 144 valence electrons. The van der Waals surface area contributed by atoms with Crippen molar-refractivity contribution in [2.24, 2.45) is 0 Å². The maximum Gasteiger partial charge on any atom is 0.251 e. The minimum atomic E-state index is -0.828. The van der Waals surface area contributed by atoms with E-state index in [0.717, 1.165) is 10.9 Å². The lowest BCUT2D eigenvalue weighted by Gasteiger charge is -2.14. The smallest absolute Gasteiger partial charge is 0.251 e. The average molecular weight is 381 g/mol. The minimum absolute atomic E-state index is 0.0625. The molecule has 28 heavy (non-hydrogen) atoms. The first-order chi connectivity index (χ1) is 13.3. The van der Waals surface area contributed by atoms with Gasteiger partial charge in [-0.3, -0.25) is 14.4 Å². The summed E-state index contributed by atoms with van der Waals surface area (Å²) < 4.78 is 13.6. The number of halogens is 1. The summed E-state index contributed by atoms with van der Waals surface area (Å²) in [6.07, 6.45) is 0.0748. The highest BCUT2D eigenvalue weighted by molar-refractivity contribution is 5.97. The first-order valence-electron chi connectivity index (χ1n) is 8.81. The number of pyridine rings is 1. The Balaban J connectivity index is 1.64. The second-order valence-electron chi connectivity index (χ2n) is 6.64. The van der Waals surface area contributed by atoms with Crippen LogP contribution in [0.5, 0.6) is 0 Å². The van der Waals surface area contributed by atoms with Crippen LogP contribution in [0.15, 0.2) is 53.3 Å². The van der Waals surface area contributed by atoms with Crippen molar-refractivity contribution in [2.45, 2.75) is 26.3 Å². The SMILES string of the molecule is Cc1cc2cc(CC(=O)NC(C)C(=O)Nc3ccccc3F)ccc2[nH]c1=O. The third-order valence-corrected chi connectivity index (χ3v) is 4.36. The van der Waals surface area contributed by atoms with Crippen molar-refractivity contribution in [3.8, 4) is 0 Å². The van der Waals surface area contributed by atoms with Gasteiger partial charge >= 0.3 is 0 Å². The van der Waals surface area contributed by atoms with Crippen molar-refractivity contribution < 1.29 is 14.0 Å². The van der Waals surface area contributed by atoms with E-state index in [1.165, 1.54) is 25.1 Å². The van der Waals surface area contributed by atoms with E-state index in [0.29, 0.717) is 11.1 Å². The molecule has 6 nitrogen and oxygen atoms in total. The molecule has 0 saturated carbocycles. The molecule has 1 heterocycles. The van der Waals surface area contributed by atoms with Crippen LogP contribution in [0.4, 0.5) is 10.1 Å². The number of para-hydroxylation sites is 1. The summed E-state index contributed by atoms with van der Waals surface area (Å²) in [5.41, 5.74) is 1.95. The van der Waals surface area contributed by atoms with Crippen molar-refractivity contribution in [3.63, 3.8) is 0 Å². The van der Waals surface area contributed by atoms with Crippen LogP contribution in [0, 0.1) is 12.7 Å². The first kappa shape index (κ1) is 19.3. The van der Waals surface area contributed by atoms with Gasteiger partial charge in [-0.1, -0.05) is 18.2 Å². The van der Waals surface area contributed by atoms with Gasteiger partial charge in [0.1, 0.15) is 11.9 Å². The zero-order valence-electron chi connectivity index (χ0n) is 15.5. The van der Waals surface area contributed by atoms with Crippen LogP contribution in [-0.4, -0.2) is 22.8 Å². The number of carbonyl (C=O) groups is 2. The fourth-order valence-corrected chi connectivity index (χ4v) is 2.82. The van der Waals surface area contributed by atoms with Crippen LogP contribution in [0.1, 0.15) is 18.1 Å². The van der Waals surface area contributed by atoms with E-state index in [1.54, 1.807) is 31.2 Å². The molecule has 2 aromatic carbocycles. The Morgan fingerprint density at radius 1 is 1.14 bits per heavy atom. The fraction of sp³-hybridized carbons (Fsp3) is 0.190. The zero-order chi connectivity index (χ0) is 20.3. The minimum Gasteiger partial charge on any atom is -0.344 e. The van der Waals surface area contributed by atoms with Gasteiger partial charge in [0.2, 0.25) is 11.8 Å². The fourth-order valence-electron chi connectivity index (χ4n) is 2.82. The number of anilines is 1. The summed E-state index contributed by atoms with van der Waals surface area (Å²) in [7, 11) is 0. The topological polar surface area (TPSA) is 91.1 Å². The Morgan fingerprint density at radius 2 is 1.89 bits per heavy atom. The molecule has 0 bridgehead atoms. The quantitative estimate of drug-likeness (QED) is 0.635. The number of carbonyl (C=O) groups excluding carboxylic acids is 2. The van der Waals surface area contributed by atoms with Crippen LogP contribution in [-0.2, 0) is 16.0 Å². The van der Waals surface area contributed by atoms with E-state index in [-0.39, 0.29) is 23.6 Å². The molecule has 1 aromatic heterocycles. The lowest BCUT2D eigenvalue weighted by atomic mass is 10.1. The van der Waals surface area contributed by atoms with Crippen LogP contribution in [0.2, 0.25) is 0 Å². The molecular weight excluding hydrogens is 361 g/mol. The van der Waals surface area contributed by atoms with Gasteiger partial charge in [-0.05, 0) is 55.1 Å². The molecule has 0 fully saturated rings. The van der Waals surface area contributed by atoms with Gasteiger partial charge in [-0.15, -0.1) is 0 Å². The number of benzene rings is 2. The third kappa shape index (κ3) is 4.43. The molecule has 1 atom stereocenters. The summed E-state index contributed by atoms with van der Waals surface area (Å²) in [5.74, 6) is -1.39. The van der Waals surface area contributed by atoms with Gasteiger partial charge < -0.3 is 15.6 Å². The predicted octanol–water partition coefficient (Wildman–Crippen LogP) is 2.66. The van der Waals surface area contributed by atoms with Gasteiger partial charge in [0.15, 0.2) is 0 Å². The first-order valence-corrected chi connectivity index (χ1v) is 8.81. The van der Waals surface area contributed by atoms with Gasteiger partial charge in [0.25, 0.3) is 5.56 Å². The molecule has 1 unspecified atom stereocenters. The molecule has 0 aliphatic rings. The van der Waals surface area contributed by atoms with Gasteiger partial charge in [0, 0.05) is 11.1 Å². The molecule has 3 aromatic rings. The van der Waals surface area contributed by atoms with Crippen molar-refractivity contribution >= 4 is 28.4 Å². The molecule has 7 heteroatoms. The van der Waals surface area contributed by atoms with Gasteiger partial charge in [-0.25, -0.2) is 4.39 Å². The number of hydrogen-bond acceptors (Lipinski definition) is 3. The van der Waals surface area contributed by atoms with E-state index < -0.39 is 17.8 Å². The average Bonchev–Trinajstić information content (AvgIpc) is 2.64. The highest BCUT2D eigenvalue weighted by atomic mass is 19.1. The Morgan fingerprint density at radius 3 is 2.64 bits per heavy atom. The number of aromatic amines is 1. The Hall–Kier alpha value is -3.48. The highest BCUT2D eigenvalue weighted by Crippen LogP contribution is 2.15. The van der Waals surface area contributed by atoms with Crippen LogP contribution in [0.3, 0.4) is 0 Å². The molecule has 0 spiro atoms. The van der Waals surface area contributed by atoms with Gasteiger partial charge in [-0.2, -0.15) is 0 Å². The summed E-state index contributed by atoms with van der Waals surface area (Å²) in [6.45, 7) is 3.25. The molecule has 0 radical (unpaired) electrons. The number of aryl methyl sites for hydroxylation is 1. The number of aromatic nitrogens is 1. The summed E-state index contributed by atoms with van der Waals surface area (Å²) >= 11 is 0. The largest absolute Gasteiger partial charge is 0.344 e. The molecular formula is C21H20FN3O3. The van der Waals surface area contributed by atoms with E-state index in [9.17, 15) is 18.8 Å².